The summed E-state index contributed by atoms with van der Waals surface area (Å²) in [4.78, 5) is 32.2. The Balaban J connectivity index is 0.000000198. The molecule has 6 aromatic heterocycles. The third-order valence-electron chi connectivity index (χ3n) is 9.21. The van der Waals surface area contributed by atoms with Crippen LogP contribution < -0.4 is 5.32 Å². The number of nitrogens with one attached hydrogen (secondary N) is 1. The van der Waals surface area contributed by atoms with Crippen LogP contribution in [0.25, 0.3) is 33.2 Å². The Labute approximate surface area is 436 Å². The van der Waals surface area contributed by atoms with Crippen molar-refractivity contribution in [2.45, 2.75) is 92.0 Å². The van der Waals surface area contributed by atoms with Gasteiger partial charge >= 0.3 is 0 Å². The lowest BCUT2D eigenvalue weighted by Gasteiger charge is -2.15. The quantitative estimate of drug-likeness (QED) is 0.0541. The van der Waals surface area contributed by atoms with Crippen LogP contribution in [0.1, 0.15) is 36.9 Å². The Morgan fingerprint density at radius 1 is 0.591 bits per heavy atom. The average molecular weight is 1140 g/mol. The van der Waals surface area contributed by atoms with Crippen LogP contribution in [0.15, 0.2) is 24.5 Å². The van der Waals surface area contributed by atoms with Gasteiger partial charge in [0.15, 0.2) is 5.65 Å². The van der Waals surface area contributed by atoms with Crippen LogP contribution in [0.4, 0.5) is 5.82 Å². The molecule has 0 radical (unpaired) electrons. The number of rotatable bonds is 12. The van der Waals surface area contributed by atoms with Crippen molar-refractivity contribution >= 4 is 171 Å². The Hall–Kier alpha value is -2.07. The van der Waals surface area contributed by atoms with Gasteiger partial charge in [0.2, 0.25) is 21.1 Å². The summed E-state index contributed by atoms with van der Waals surface area (Å²) in [6.45, 7) is 18.9. The van der Waals surface area contributed by atoms with Crippen molar-refractivity contribution in [3.63, 3.8) is 0 Å². The molecule has 0 spiro atoms. The third kappa shape index (κ3) is 16.0. The lowest BCUT2D eigenvalue weighted by Crippen LogP contribution is -2.22. The second kappa shape index (κ2) is 25.2. The van der Waals surface area contributed by atoms with E-state index in [0.29, 0.717) is 73.3 Å². The van der Waals surface area contributed by atoms with E-state index in [9.17, 15) is 0 Å². The van der Waals surface area contributed by atoms with Gasteiger partial charge in [-0.05, 0) is 65.4 Å². The minimum absolute atomic E-state index is 0. The van der Waals surface area contributed by atoms with Crippen molar-refractivity contribution in [1.82, 2.24) is 49.0 Å². The largest absolute Gasteiger partial charge is 0.370 e. The number of nitrogens with zero attached hydrogens (tertiary/aromatic N) is 10. The molecule has 8 rings (SSSR count). The molecule has 0 fully saturated rings. The molecule has 358 valence electrons. The standard InChI is InChI=1S/C14H22Cl2N4OSi.C12H16Cl3N3OSi.C7H3Cl3N2.C7H4Cl2N2.CH4/c1-5-17-12-11-10(15)8-20(13(11)19-14(16)18-12)9-21-6-7-22(2,3)4;1-20(2,3)5-4-19-7-18-6-8(13)9-10(14)16-12(15)17-11(9)18;8-3-1-2-4-5(3)6(9)12-7(10)11-4;8-6-4-2-1-3-5(4)10-7(9)11-6;/h8H,5-7,9H2,1-4H3,(H,17,18,19);6H,4-5,7H2,1-3H3;1H,2H2;1-2H,3H2;1H4. The predicted molar refractivity (Wildman–Crippen MR) is 284 cm³/mol. The molecule has 2 aliphatic carbocycles. The first-order chi connectivity index (χ1) is 30.5. The van der Waals surface area contributed by atoms with Gasteiger partial charge in [-0.15, -0.1) is 0 Å². The van der Waals surface area contributed by atoms with Crippen molar-refractivity contribution in [3.05, 3.63) is 93.7 Å². The minimum atomic E-state index is -1.09. The summed E-state index contributed by atoms with van der Waals surface area (Å²) in [5, 5.41) is 7.94. The van der Waals surface area contributed by atoms with E-state index >= 15 is 0 Å². The number of fused-ring (bicyclic) bond motifs is 4. The molecule has 0 saturated heterocycles. The lowest BCUT2D eigenvalue weighted by molar-refractivity contribution is 0.0898. The third-order valence-corrected chi connectivity index (χ3v) is 15.0. The number of ether oxygens (including phenoxy) is 2. The molecule has 66 heavy (non-hydrogen) atoms. The van der Waals surface area contributed by atoms with Gasteiger partial charge in [0.1, 0.15) is 40.4 Å². The number of hydrogen-bond acceptors (Lipinski definition) is 11. The molecule has 1 N–H and O–H groups in total. The van der Waals surface area contributed by atoms with E-state index in [0.717, 1.165) is 60.6 Å². The van der Waals surface area contributed by atoms with E-state index in [2.05, 4.69) is 84.5 Å². The Morgan fingerprint density at radius 3 is 1.64 bits per heavy atom. The fourth-order valence-corrected chi connectivity index (χ4v) is 10.1. The van der Waals surface area contributed by atoms with Gasteiger partial charge < -0.3 is 23.9 Å². The monoisotopic (exact) mass is 1130 g/mol. The van der Waals surface area contributed by atoms with E-state index in [1.807, 2.05) is 35.9 Å². The maximum atomic E-state index is 6.32. The fourth-order valence-electron chi connectivity index (χ4n) is 5.95. The van der Waals surface area contributed by atoms with Gasteiger partial charge in [-0.3, -0.25) is 0 Å². The SMILES string of the molecule is C.CCNc1nc(Cl)nc2c1c(Cl)cn2COCC[Si](C)(C)C.C[Si](C)(C)CCOCn1cc(Cl)c2c(Cl)nc(Cl)nc21.ClC1=CCc2nc(Cl)nc(Cl)c21.Clc1nc(Cl)c2c(n1)CC=C2. The van der Waals surface area contributed by atoms with Gasteiger partial charge in [0, 0.05) is 71.7 Å². The van der Waals surface area contributed by atoms with Crippen molar-refractivity contribution in [1.29, 1.82) is 0 Å². The number of halogens is 10. The molecule has 0 atom stereocenters. The van der Waals surface area contributed by atoms with Crippen molar-refractivity contribution in [3.8, 4) is 0 Å². The molecule has 0 aliphatic heterocycles. The van der Waals surface area contributed by atoms with Gasteiger partial charge in [-0.25, -0.2) is 24.9 Å². The molecule has 0 unspecified atom stereocenters. The average Bonchev–Trinajstić information content (AvgIpc) is 3.97. The first kappa shape index (κ1) is 56.5. The maximum absolute atomic E-state index is 6.32. The number of anilines is 1. The molecule has 0 amide bonds. The molecular weight excluding hydrogens is 1090 g/mol. The van der Waals surface area contributed by atoms with Crippen LogP contribution in [-0.4, -0.2) is 84.9 Å². The van der Waals surface area contributed by atoms with Gasteiger partial charge in [0.25, 0.3) is 0 Å². The maximum Gasteiger partial charge on any atom is 0.226 e. The molecule has 0 bridgehead atoms. The summed E-state index contributed by atoms with van der Waals surface area (Å²) in [5.41, 5.74) is 4.60. The molecule has 2 aliphatic rings. The number of aromatic nitrogens is 10. The topological polar surface area (TPSA) is 143 Å². The summed E-state index contributed by atoms with van der Waals surface area (Å²) in [6, 6.07) is 2.23. The van der Waals surface area contributed by atoms with Crippen LogP contribution in [0.2, 0.25) is 98.0 Å². The van der Waals surface area contributed by atoms with Crippen LogP contribution >= 0.6 is 116 Å². The normalized spacial score (nSPS) is 12.7. The number of allylic oxidation sites excluding steroid dienone is 2. The smallest absolute Gasteiger partial charge is 0.226 e. The van der Waals surface area contributed by atoms with Crippen molar-refractivity contribution in [2.75, 3.05) is 25.1 Å². The highest BCUT2D eigenvalue weighted by molar-refractivity contribution is 6.76. The van der Waals surface area contributed by atoms with Crippen molar-refractivity contribution < 1.29 is 9.47 Å². The van der Waals surface area contributed by atoms with Crippen LogP contribution in [0.3, 0.4) is 0 Å². The van der Waals surface area contributed by atoms with Gasteiger partial charge in [0.05, 0.1) is 37.8 Å². The second-order valence-corrected chi connectivity index (χ2v) is 31.6. The summed E-state index contributed by atoms with van der Waals surface area (Å²) < 4.78 is 15.1. The molecule has 0 aromatic carbocycles. The van der Waals surface area contributed by atoms with Crippen molar-refractivity contribution in [2.24, 2.45) is 0 Å². The van der Waals surface area contributed by atoms with E-state index in [-0.39, 0.29) is 33.7 Å². The Kier molecular flexibility index (Phi) is 21.6. The lowest BCUT2D eigenvalue weighted by atomic mass is 10.3. The van der Waals surface area contributed by atoms with E-state index < -0.39 is 16.1 Å². The fraction of sp³-hybridized carbons (Fsp3) is 0.415. The zero-order chi connectivity index (χ0) is 47.8. The molecule has 0 saturated carbocycles. The highest BCUT2D eigenvalue weighted by atomic mass is 35.5. The Bertz CT molecular complexity index is 2710. The first-order valence-electron chi connectivity index (χ1n) is 20.0. The van der Waals surface area contributed by atoms with E-state index in [1.54, 1.807) is 10.8 Å². The second-order valence-electron chi connectivity index (χ2n) is 16.8. The first-order valence-corrected chi connectivity index (χ1v) is 31.2. The van der Waals surface area contributed by atoms with Crippen LogP contribution in [0, 0.1) is 0 Å². The highest BCUT2D eigenvalue weighted by Gasteiger charge is 2.21. The summed E-state index contributed by atoms with van der Waals surface area (Å²) in [6.07, 6.45) is 10.8. The molecule has 13 nitrogen and oxygen atoms in total. The van der Waals surface area contributed by atoms with Gasteiger partial charge in [-0.1, -0.05) is 135 Å². The molecule has 6 heterocycles. The summed E-state index contributed by atoms with van der Waals surface area (Å²) >= 11 is 59.0. The molecule has 6 aromatic rings. The van der Waals surface area contributed by atoms with E-state index in [4.69, 9.17) is 125 Å². The highest BCUT2D eigenvalue weighted by Crippen LogP contribution is 2.35. The summed E-state index contributed by atoms with van der Waals surface area (Å²) in [7, 11) is -2.18. The van der Waals surface area contributed by atoms with Gasteiger partial charge in [-0.2, -0.15) is 15.0 Å². The molecule has 25 heteroatoms. The predicted octanol–water partition coefficient (Wildman–Crippen LogP) is 15.1. The van der Waals surface area contributed by atoms with Crippen LogP contribution in [-0.2, 0) is 35.8 Å². The van der Waals surface area contributed by atoms with E-state index in [1.165, 1.54) is 0 Å². The Morgan fingerprint density at radius 2 is 1.08 bits per heavy atom. The molecular formula is C41H49Cl10N11O2Si2. The number of hydrogen-bond donors (Lipinski definition) is 1. The summed E-state index contributed by atoms with van der Waals surface area (Å²) in [5.74, 6) is 0.656. The minimum Gasteiger partial charge on any atom is -0.370 e. The zero-order valence-electron chi connectivity index (χ0n) is 36.3. The van der Waals surface area contributed by atoms with Crippen LogP contribution in [0.5, 0.6) is 0 Å². The zero-order valence-corrected chi connectivity index (χ0v) is 45.9.